The summed E-state index contributed by atoms with van der Waals surface area (Å²) in [7, 11) is -1.12. The maximum absolute atomic E-state index is 12.0. The molecular formula is C14H24N2O2S. The molecule has 0 atom stereocenters. The number of benzene rings is 1. The van der Waals surface area contributed by atoms with E-state index in [1.165, 1.54) is 0 Å². The molecule has 0 spiro atoms. The van der Waals surface area contributed by atoms with E-state index in [0.29, 0.717) is 16.6 Å². The number of likely N-dealkylation sites (N-methyl/N-ethyl adjacent to an activating group) is 1. The molecule has 0 aliphatic heterocycles. The van der Waals surface area contributed by atoms with Gasteiger partial charge < -0.3 is 10.2 Å². The van der Waals surface area contributed by atoms with Gasteiger partial charge >= 0.3 is 0 Å². The number of nitrogens with zero attached hydrogens (tertiary/aromatic N) is 1. The molecule has 0 saturated carbocycles. The van der Waals surface area contributed by atoms with Crippen LogP contribution in [0.15, 0.2) is 29.2 Å². The Labute approximate surface area is 116 Å². The van der Waals surface area contributed by atoms with Crippen molar-refractivity contribution in [1.29, 1.82) is 0 Å². The van der Waals surface area contributed by atoms with Gasteiger partial charge in [-0.3, -0.25) is 0 Å². The Bertz CT molecular complexity index is 498. The Balaban J connectivity index is 2.75. The van der Waals surface area contributed by atoms with Crippen molar-refractivity contribution in [2.75, 3.05) is 31.2 Å². The molecule has 1 rings (SSSR count). The molecule has 0 unspecified atom stereocenters. The normalized spacial score (nSPS) is 12.1. The Morgan fingerprint density at radius 3 is 2.47 bits per heavy atom. The molecule has 108 valence electrons. The molecule has 0 saturated heterocycles. The van der Waals surface area contributed by atoms with E-state index >= 15 is 0 Å². The summed E-state index contributed by atoms with van der Waals surface area (Å²) in [5.74, 6) is 0.123. The molecule has 1 aromatic rings. The van der Waals surface area contributed by atoms with Crippen molar-refractivity contribution < 1.29 is 8.42 Å². The Kier molecular flexibility index (Phi) is 5.82. The highest BCUT2D eigenvalue weighted by Crippen LogP contribution is 2.21. The average Bonchev–Trinajstić information content (AvgIpc) is 2.39. The first-order valence-electron chi connectivity index (χ1n) is 6.64. The van der Waals surface area contributed by atoms with Crippen molar-refractivity contribution in [3.8, 4) is 0 Å². The van der Waals surface area contributed by atoms with Gasteiger partial charge in [0.2, 0.25) is 0 Å². The molecule has 0 radical (unpaired) electrons. The summed E-state index contributed by atoms with van der Waals surface area (Å²) in [6, 6.07) is 7.57. The second-order valence-corrected chi connectivity index (χ2v) is 7.15. The lowest BCUT2D eigenvalue weighted by Crippen LogP contribution is -2.31. The van der Waals surface area contributed by atoms with Gasteiger partial charge in [-0.2, -0.15) is 0 Å². The second kappa shape index (κ2) is 6.91. The SMILES string of the molecule is CCS(=O)(=O)c1ccccc1NCCN(C)C(C)C. The zero-order valence-electron chi connectivity index (χ0n) is 12.2. The number of para-hydroxylation sites is 1. The molecule has 5 heteroatoms. The van der Waals surface area contributed by atoms with Crippen molar-refractivity contribution in [3.63, 3.8) is 0 Å². The smallest absolute Gasteiger partial charge is 0.180 e. The maximum Gasteiger partial charge on any atom is 0.180 e. The standard InChI is InChI=1S/C14H24N2O2S/c1-5-19(17,18)14-9-7-6-8-13(14)15-10-11-16(4)12(2)3/h6-9,12,15H,5,10-11H2,1-4H3. The van der Waals surface area contributed by atoms with Gasteiger partial charge in [-0.1, -0.05) is 19.1 Å². The summed E-state index contributed by atoms with van der Waals surface area (Å²) < 4.78 is 24.0. The summed E-state index contributed by atoms with van der Waals surface area (Å²) in [6.45, 7) is 7.53. The van der Waals surface area contributed by atoms with Crippen molar-refractivity contribution in [2.45, 2.75) is 31.7 Å². The highest BCUT2D eigenvalue weighted by atomic mass is 32.2. The predicted octanol–water partition coefficient (Wildman–Crippen LogP) is 2.23. The van der Waals surface area contributed by atoms with Gasteiger partial charge in [0.15, 0.2) is 9.84 Å². The molecule has 19 heavy (non-hydrogen) atoms. The quantitative estimate of drug-likeness (QED) is 0.834. The molecule has 0 bridgehead atoms. The zero-order valence-corrected chi connectivity index (χ0v) is 13.0. The number of sulfone groups is 1. The maximum atomic E-state index is 12.0. The van der Waals surface area contributed by atoms with Gasteiger partial charge in [0, 0.05) is 19.1 Å². The lowest BCUT2D eigenvalue weighted by Gasteiger charge is -2.21. The van der Waals surface area contributed by atoms with E-state index in [0.717, 1.165) is 13.1 Å². The number of nitrogens with one attached hydrogen (secondary N) is 1. The van der Waals surface area contributed by atoms with Crippen LogP contribution in [-0.4, -0.2) is 45.2 Å². The Morgan fingerprint density at radius 1 is 1.26 bits per heavy atom. The average molecular weight is 284 g/mol. The summed E-state index contributed by atoms with van der Waals surface area (Å²) >= 11 is 0. The van der Waals surface area contributed by atoms with Crippen molar-refractivity contribution in [2.24, 2.45) is 0 Å². The molecule has 0 fully saturated rings. The molecule has 0 amide bonds. The fraction of sp³-hybridized carbons (Fsp3) is 0.571. The zero-order chi connectivity index (χ0) is 14.5. The summed E-state index contributed by atoms with van der Waals surface area (Å²) in [5, 5.41) is 3.22. The molecule has 0 aromatic heterocycles. The predicted molar refractivity (Wildman–Crippen MR) is 80.4 cm³/mol. The van der Waals surface area contributed by atoms with Gasteiger partial charge in [-0.25, -0.2) is 8.42 Å². The van der Waals surface area contributed by atoms with Crippen LogP contribution in [0.25, 0.3) is 0 Å². The first-order valence-corrected chi connectivity index (χ1v) is 8.29. The minimum atomic E-state index is -3.17. The third-order valence-electron chi connectivity index (χ3n) is 3.26. The topological polar surface area (TPSA) is 49.4 Å². The molecule has 0 aliphatic carbocycles. The van der Waals surface area contributed by atoms with E-state index in [1.807, 2.05) is 12.1 Å². The van der Waals surface area contributed by atoms with E-state index in [2.05, 4.69) is 31.1 Å². The van der Waals surface area contributed by atoms with Crippen LogP contribution in [0.5, 0.6) is 0 Å². The Morgan fingerprint density at radius 2 is 1.89 bits per heavy atom. The van der Waals surface area contributed by atoms with Crippen LogP contribution in [-0.2, 0) is 9.84 Å². The summed E-state index contributed by atoms with van der Waals surface area (Å²) in [5.41, 5.74) is 0.696. The monoisotopic (exact) mass is 284 g/mol. The van der Waals surface area contributed by atoms with E-state index in [-0.39, 0.29) is 5.75 Å². The number of anilines is 1. The fourth-order valence-electron chi connectivity index (χ4n) is 1.66. The van der Waals surface area contributed by atoms with Gasteiger partial charge in [0.05, 0.1) is 16.3 Å². The number of hydrogen-bond acceptors (Lipinski definition) is 4. The molecule has 4 nitrogen and oxygen atoms in total. The summed E-state index contributed by atoms with van der Waals surface area (Å²) in [4.78, 5) is 2.61. The van der Waals surface area contributed by atoms with Gasteiger partial charge in [0.1, 0.15) is 0 Å². The molecular weight excluding hydrogens is 260 g/mol. The van der Waals surface area contributed by atoms with Crippen molar-refractivity contribution in [3.05, 3.63) is 24.3 Å². The number of hydrogen-bond donors (Lipinski definition) is 1. The minimum Gasteiger partial charge on any atom is -0.383 e. The van der Waals surface area contributed by atoms with Crippen LogP contribution in [0.1, 0.15) is 20.8 Å². The highest BCUT2D eigenvalue weighted by molar-refractivity contribution is 7.91. The van der Waals surface area contributed by atoms with Crippen molar-refractivity contribution in [1.82, 2.24) is 4.90 Å². The van der Waals surface area contributed by atoms with Gasteiger partial charge in [-0.15, -0.1) is 0 Å². The van der Waals surface area contributed by atoms with E-state index in [1.54, 1.807) is 19.1 Å². The molecule has 1 N–H and O–H groups in total. The van der Waals surface area contributed by atoms with Gasteiger partial charge in [0.25, 0.3) is 0 Å². The van der Waals surface area contributed by atoms with E-state index in [4.69, 9.17) is 0 Å². The first-order chi connectivity index (χ1) is 8.88. The van der Waals surface area contributed by atoms with Crippen LogP contribution in [0.4, 0.5) is 5.69 Å². The first kappa shape index (κ1) is 16.0. The van der Waals surface area contributed by atoms with Crippen LogP contribution in [0.3, 0.4) is 0 Å². The number of rotatable bonds is 7. The van der Waals surface area contributed by atoms with E-state index in [9.17, 15) is 8.42 Å². The third-order valence-corrected chi connectivity index (χ3v) is 5.05. The molecule has 0 aliphatic rings. The van der Waals surface area contributed by atoms with Crippen LogP contribution in [0, 0.1) is 0 Å². The lowest BCUT2D eigenvalue weighted by molar-refractivity contribution is 0.284. The second-order valence-electron chi connectivity index (χ2n) is 4.90. The van der Waals surface area contributed by atoms with Crippen LogP contribution >= 0.6 is 0 Å². The van der Waals surface area contributed by atoms with Crippen LogP contribution in [0.2, 0.25) is 0 Å². The fourth-order valence-corrected chi connectivity index (χ4v) is 2.74. The molecule has 0 heterocycles. The molecule has 1 aromatic carbocycles. The van der Waals surface area contributed by atoms with Crippen LogP contribution < -0.4 is 5.32 Å². The van der Waals surface area contributed by atoms with Crippen molar-refractivity contribution >= 4 is 15.5 Å². The minimum absolute atomic E-state index is 0.123. The lowest BCUT2D eigenvalue weighted by atomic mass is 10.3. The van der Waals surface area contributed by atoms with E-state index < -0.39 is 9.84 Å². The highest BCUT2D eigenvalue weighted by Gasteiger charge is 2.15. The largest absolute Gasteiger partial charge is 0.383 e. The van der Waals surface area contributed by atoms with Gasteiger partial charge in [-0.05, 0) is 33.0 Å². The third kappa shape index (κ3) is 4.51. The Hall–Kier alpha value is -1.07. The summed E-state index contributed by atoms with van der Waals surface area (Å²) in [6.07, 6.45) is 0.